The van der Waals surface area contributed by atoms with E-state index in [1.54, 1.807) is 24.1 Å². The van der Waals surface area contributed by atoms with Gasteiger partial charge in [-0.05, 0) is 46.3 Å². The maximum absolute atomic E-state index is 9.94. The van der Waals surface area contributed by atoms with Gasteiger partial charge in [0.25, 0.3) is 0 Å². The van der Waals surface area contributed by atoms with E-state index in [1.165, 1.54) is 0 Å². The molecule has 2 aromatic rings. The first-order valence-electron chi connectivity index (χ1n) is 4.96. The molecule has 0 saturated heterocycles. The lowest BCUT2D eigenvalue weighted by Crippen LogP contribution is -1.99. The molecule has 2 nitrogen and oxygen atoms in total. The Hall–Kier alpha value is -0.420. The van der Waals surface area contributed by atoms with Crippen molar-refractivity contribution in [2.24, 2.45) is 0 Å². The first-order chi connectivity index (χ1) is 8.16. The van der Waals surface area contributed by atoms with E-state index in [0.29, 0.717) is 16.5 Å². The van der Waals surface area contributed by atoms with Crippen molar-refractivity contribution in [3.05, 3.63) is 51.9 Å². The second-order valence-electron chi connectivity index (χ2n) is 3.41. The molecule has 0 bridgehead atoms. The van der Waals surface area contributed by atoms with Crippen LogP contribution in [-0.2, 0) is 0 Å². The van der Waals surface area contributed by atoms with E-state index in [-0.39, 0.29) is 0 Å². The van der Waals surface area contributed by atoms with Gasteiger partial charge in [0.2, 0.25) is 0 Å². The molecule has 17 heavy (non-hydrogen) atoms. The van der Waals surface area contributed by atoms with Crippen LogP contribution in [0, 0.1) is 0 Å². The highest BCUT2D eigenvalue weighted by molar-refractivity contribution is 9.10. The molecule has 0 amide bonds. The van der Waals surface area contributed by atoms with Crippen LogP contribution in [0.15, 0.2) is 50.4 Å². The van der Waals surface area contributed by atoms with E-state index >= 15 is 0 Å². The lowest BCUT2D eigenvalue weighted by atomic mass is 10.3. The van der Waals surface area contributed by atoms with E-state index in [4.69, 9.17) is 16.0 Å². The van der Waals surface area contributed by atoms with Crippen molar-refractivity contribution < 1.29 is 9.52 Å². The predicted molar refractivity (Wildman–Crippen MR) is 73.5 cm³/mol. The molecule has 1 aromatic carbocycles. The smallest absolute Gasteiger partial charge is 0.147 e. The lowest BCUT2D eigenvalue weighted by molar-refractivity contribution is 0.173. The van der Waals surface area contributed by atoms with Crippen LogP contribution < -0.4 is 0 Å². The van der Waals surface area contributed by atoms with Crippen LogP contribution in [0.25, 0.3) is 0 Å². The van der Waals surface area contributed by atoms with Crippen molar-refractivity contribution >= 4 is 39.3 Å². The number of benzene rings is 1. The Balaban J connectivity index is 1.94. The zero-order chi connectivity index (χ0) is 12.3. The normalized spacial score (nSPS) is 12.6. The van der Waals surface area contributed by atoms with Crippen LogP contribution in [-0.4, -0.2) is 10.9 Å². The molecule has 0 fully saturated rings. The summed E-state index contributed by atoms with van der Waals surface area (Å²) in [5.74, 6) is 1.10. The summed E-state index contributed by atoms with van der Waals surface area (Å²) >= 11 is 10.7. The lowest BCUT2D eigenvalue weighted by Gasteiger charge is -2.08. The molecule has 1 heterocycles. The first kappa shape index (κ1) is 13.0. The van der Waals surface area contributed by atoms with E-state index in [0.717, 1.165) is 9.37 Å². The summed E-state index contributed by atoms with van der Waals surface area (Å²) in [6.45, 7) is 0. The van der Waals surface area contributed by atoms with Crippen molar-refractivity contribution in [2.75, 3.05) is 5.75 Å². The summed E-state index contributed by atoms with van der Waals surface area (Å²) in [7, 11) is 0. The van der Waals surface area contributed by atoms with Gasteiger partial charge in [0.15, 0.2) is 0 Å². The summed E-state index contributed by atoms with van der Waals surface area (Å²) in [6, 6.07) is 9.29. The second kappa shape index (κ2) is 5.96. The second-order valence-corrected chi connectivity index (χ2v) is 5.80. The third-order valence-electron chi connectivity index (χ3n) is 2.17. The Kier molecular flexibility index (Phi) is 4.56. The van der Waals surface area contributed by atoms with Gasteiger partial charge in [-0.15, -0.1) is 11.8 Å². The monoisotopic (exact) mass is 332 g/mol. The average Bonchev–Trinajstić information content (AvgIpc) is 2.74. The van der Waals surface area contributed by atoms with Gasteiger partial charge in [0.1, 0.15) is 11.9 Å². The van der Waals surface area contributed by atoms with Gasteiger partial charge >= 0.3 is 0 Å². The predicted octanol–water partition coefficient (Wildman–Crippen LogP) is 4.52. The highest BCUT2D eigenvalue weighted by Crippen LogP contribution is 2.30. The molecule has 0 spiro atoms. The molecule has 2 rings (SSSR count). The van der Waals surface area contributed by atoms with Crippen molar-refractivity contribution in [1.82, 2.24) is 0 Å². The number of hydrogen-bond acceptors (Lipinski definition) is 3. The van der Waals surface area contributed by atoms with Gasteiger partial charge in [-0.1, -0.05) is 11.6 Å². The maximum atomic E-state index is 9.94. The van der Waals surface area contributed by atoms with Crippen molar-refractivity contribution in [1.29, 1.82) is 0 Å². The van der Waals surface area contributed by atoms with Crippen molar-refractivity contribution in [3.8, 4) is 0 Å². The summed E-state index contributed by atoms with van der Waals surface area (Å²) in [4.78, 5) is 1.07. The Morgan fingerprint density at radius 2 is 2.00 bits per heavy atom. The summed E-state index contributed by atoms with van der Waals surface area (Å²) in [5.41, 5.74) is 0. The molecule has 0 aliphatic rings. The minimum atomic E-state index is -0.625. The van der Waals surface area contributed by atoms with Crippen LogP contribution in [0.3, 0.4) is 0 Å². The number of aliphatic hydroxyl groups is 1. The molecule has 1 atom stereocenters. The third kappa shape index (κ3) is 3.52. The fraction of sp³-hybridized carbons (Fsp3) is 0.167. The van der Waals surface area contributed by atoms with Crippen molar-refractivity contribution in [3.63, 3.8) is 0 Å². The highest BCUT2D eigenvalue weighted by atomic mass is 79.9. The highest BCUT2D eigenvalue weighted by Gasteiger charge is 2.14. The van der Waals surface area contributed by atoms with Gasteiger partial charge in [-0.2, -0.15) is 0 Å². The topological polar surface area (TPSA) is 33.4 Å². The molecular formula is C12H10BrClO2S. The van der Waals surface area contributed by atoms with Crippen LogP contribution in [0.2, 0.25) is 5.02 Å². The van der Waals surface area contributed by atoms with Crippen LogP contribution >= 0.6 is 39.3 Å². The molecule has 1 unspecified atom stereocenters. The Morgan fingerprint density at radius 3 is 2.59 bits per heavy atom. The fourth-order valence-corrected chi connectivity index (χ4v) is 2.75. The first-order valence-corrected chi connectivity index (χ1v) is 7.12. The summed E-state index contributed by atoms with van der Waals surface area (Å²) in [6.07, 6.45) is 0.926. The fourth-order valence-electron chi connectivity index (χ4n) is 1.32. The van der Waals surface area contributed by atoms with Crippen LogP contribution in [0.5, 0.6) is 0 Å². The largest absolute Gasteiger partial charge is 0.465 e. The molecule has 0 radical (unpaired) electrons. The quantitative estimate of drug-likeness (QED) is 0.835. The summed E-state index contributed by atoms with van der Waals surface area (Å²) in [5, 5.41) is 10.6. The molecule has 0 saturated carbocycles. The van der Waals surface area contributed by atoms with E-state index < -0.39 is 6.10 Å². The molecule has 0 aliphatic heterocycles. The third-order valence-corrected chi connectivity index (χ3v) is 4.16. The Labute approximate surface area is 117 Å². The van der Waals surface area contributed by atoms with E-state index in [1.807, 2.05) is 24.3 Å². The molecule has 0 aliphatic carbocycles. The number of furan rings is 1. The minimum Gasteiger partial charge on any atom is -0.465 e. The molecular weight excluding hydrogens is 324 g/mol. The van der Waals surface area contributed by atoms with Crippen molar-refractivity contribution in [2.45, 2.75) is 11.0 Å². The van der Waals surface area contributed by atoms with Gasteiger partial charge in [0, 0.05) is 15.7 Å². The number of rotatable bonds is 4. The Bertz CT molecular complexity index is 484. The van der Waals surface area contributed by atoms with E-state index in [2.05, 4.69) is 15.9 Å². The maximum Gasteiger partial charge on any atom is 0.147 e. The molecule has 1 aromatic heterocycles. The van der Waals surface area contributed by atoms with Gasteiger partial charge in [0.05, 0.1) is 10.7 Å². The van der Waals surface area contributed by atoms with Gasteiger partial charge in [-0.25, -0.2) is 0 Å². The van der Waals surface area contributed by atoms with Crippen LogP contribution in [0.4, 0.5) is 0 Å². The summed E-state index contributed by atoms with van der Waals surface area (Å²) < 4.78 is 6.00. The Morgan fingerprint density at radius 1 is 1.29 bits per heavy atom. The van der Waals surface area contributed by atoms with Gasteiger partial charge < -0.3 is 9.52 Å². The standard InChI is InChI=1S/C12H10BrClO2S/c13-10-5-6-16-12(10)11(15)7-17-9-3-1-8(14)2-4-9/h1-6,11,15H,7H2. The van der Waals surface area contributed by atoms with E-state index in [9.17, 15) is 5.11 Å². The average molecular weight is 334 g/mol. The number of halogens is 2. The molecule has 90 valence electrons. The number of hydrogen-bond donors (Lipinski definition) is 1. The zero-order valence-electron chi connectivity index (χ0n) is 8.77. The number of thioether (sulfide) groups is 1. The molecule has 5 heteroatoms. The van der Waals surface area contributed by atoms with Gasteiger partial charge in [-0.3, -0.25) is 0 Å². The molecule has 1 N–H and O–H groups in total. The zero-order valence-corrected chi connectivity index (χ0v) is 11.9. The van der Waals surface area contributed by atoms with Crippen LogP contribution in [0.1, 0.15) is 11.9 Å². The minimum absolute atomic E-state index is 0.535. The number of aliphatic hydroxyl groups excluding tert-OH is 1. The SMILES string of the molecule is OC(CSc1ccc(Cl)cc1)c1occc1Br.